The van der Waals surface area contributed by atoms with Gasteiger partial charge in [0.05, 0.1) is 11.1 Å². The Morgan fingerprint density at radius 3 is 2.00 bits per heavy atom. The van der Waals surface area contributed by atoms with Gasteiger partial charge in [-0.25, -0.2) is 4.79 Å². The summed E-state index contributed by atoms with van der Waals surface area (Å²) in [5.74, 6) is -0.789. The second-order valence-corrected chi connectivity index (χ2v) is 5.09. The SMILES string of the molecule is O=C(NCc1ccccc1)NCN1C(=O)c2ccccc2C1=O. The lowest BCUT2D eigenvalue weighted by molar-refractivity contribution is 0.0647. The highest BCUT2D eigenvalue weighted by Gasteiger charge is 2.34. The van der Waals surface area contributed by atoms with Gasteiger partial charge < -0.3 is 10.6 Å². The van der Waals surface area contributed by atoms with E-state index < -0.39 is 17.8 Å². The second kappa shape index (κ2) is 6.31. The molecule has 4 amide bonds. The maximum Gasteiger partial charge on any atom is 0.316 e. The fourth-order valence-corrected chi connectivity index (χ4v) is 2.37. The number of carbonyl (C=O) groups is 3. The van der Waals surface area contributed by atoms with E-state index in [1.807, 2.05) is 30.3 Å². The highest BCUT2D eigenvalue weighted by Crippen LogP contribution is 2.21. The van der Waals surface area contributed by atoms with Crippen LogP contribution < -0.4 is 10.6 Å². The van der Waals surface area contributed by atoms with Crippen molar-refractivity contribution in [1.29, 1.82) is 0 Å². The van der Waals surface area contributed by atoms with Gasteiger partial charge in [-0.05, 0) is 17.7 Å². The minimum Gasteiger partial charge on any atom is -0.334 e. The van der Waals surface area contributed by atoms with Crippen molar-refractivity contribution in [2.45, 2.75) is 6.54 Å². The molecule has 2 aromatic rings. The lowest BCUT2D eigenvalue weighted by atomic mass is 10.1. The molecule has 6 nitrogen and oxygen atoms in total. The molecule has 0 radical (unpaired) electrons. The van der Waals surface area contributed by atoms with Gasteiger partial charge in [0.1, 0.15) is 6.67 Å². The van der Waals surface area contributed by atoms with Gasteiger partial charge in [-0.1, -0.05) is 42.5 Å². The second-order valence-electron chi connectivity index (χ2n) is 5.09. The number of nitrogens with one attached hydrogen (secondary N) is 2. The van der Waals surface area contributed by atoms with Crippen LogP contribution in [-0.4, -0.2) is 29.4 Å². The summed E-state index contributed by atoms with van der Waals surface area (Å²) >= 11 is 0. The van der Waals surface area contributed by atoms with E-state index in [-0.39, 0.29) is 6.67 Å². The third-order valence-electron chi connectivity index (χ3n) is 3.57. The minimum absolute atomic E-state index is 0.160. The normalized spacial score (nSPS) is 13.0. The summed E-state index contributed by atoms with van der Waals surface area (Å²) in [6.45, 7) is 0.210. The van der Waals surface area contributed by atoms with Gasteiger partial charge in [0.25, 0.3) is 11.8 Å². The zero-order valence-corrected chi connectivity index (χ0v) is 12.3. The topological polar surface area (TPSA) is 78.5 Å². The molecule has 3 rings (SSSR count). The van der Waals surface area contributed by atoms with Crippen LogP contribution >= 0.6 is 0 Å². The van der Waals surface area contributed by atoms with Crippen molar-refractivity contribution in [3.8, 4) is 0 Å². The molecule has 6 heteroatoms. The Bertz CT molecular complexity index is 724. The Morgan fingerprint density at radius 2 is 1.39 bits per heavy atom. The van der Waals surface area contributed by atoms with E-state index in [0.717, 1.165) is 10.5 Å². The molecular formula is C17H15N3O3. The van der Waals surface area contributed by atoms with Crippen LogP contribution in [0.5, 0.6) is 0 Å². The molecule has 0 unspecified atom stereocenters. The van der Waals surface area contributed by atoms with E-state index in [2.05, 4.69) is 10.6 Å². The first-order chi connectivity index (χ1) is 11.2. The standard InChI is InChI=1S/C17H15N3O3/c21-15-13-8-4-5-9-14(13)16(22)20(15)11-19-17(23)18-10-12-6-2-1-3-7-12/h1-9H,10-11H2,(H2,18,19,23). The first-order valence-electron chi connectivity index (χ1n) is 7.17. The number of urea groups is 1. The van der Waals surface area contributed by atoms with Crippen molar-refractivity contribution >= 4 is 17.8 Å². The molecule has 0 aromatic heterocycles. The minimum atomic E-state index is -0.439. The first kappa shape index (κ1) is 14.8. The average Bonchev–Trinajstić information content (AvgIpc) is 2.83. The predicted octanol–water partition coefficient (Wildman–Crippen LogP) is 1.74. The molecule has 1 aliphatic rings. The maximum atomic E-state index is 12.1. The summed E-state index contributed by atoms with van der Waals surface area (Å²) < 4.78 is 0. The smallest absolute Gasteiger partial charge is 0.316 e. The summed E-state index contributed by atoms with van der Waals surface area (Å²) in [5, 5.41) is 5.20. The molecule has 2 aromatic carbocycles. The lowest BCUT2D eigenvalue weighted by Gasteiger charge is -2.15. The van der Waals surface area contributed by atoms with Crippen molar-refractivity contribution in [1.82, 2.24) is 15.5 Å². The number of hydrogen-bond donors (Lipinski definition) is 2. The van der Waals surface area contributed by atoms with E-state index >= 15 is 0 Å². The molecule has 0 aliphatic carbocycles. The number of nitrogens with zero attached hydrogens (tertiary/aromatic N) is 1. The maximum absolute atomic E-state index is 12.1. The summed E-state index contributed by atoms with van der Waals surface area (Å²) in [4.78, 5) is 37.1. The molecule has 0 saturated heterocycles. The molecule has 0 bridgehead atoms. The van der Waals surface area contributed by atoms with Crippen LogP contribution in [0.25, 0.3) is 0 Å². The Hall–Kier alpha value is -3.15. The Labute approximate surface area is 133 Å². The van der Waals surface area contributed by atoms with Crippen LogP contribution in [-0.2, 0) is 6.54 Å². The number of imide groups is 1. The van der Waals surface area contributed by atoms with E-state index in [1.165, 1.54) is 0 Å². The number of rotatable bonds is 4. The van der Waals surface area contributed by atoms with E-state index in [4.69, 9.17) is 0 Å². The zero-order valence-electron chi connectivity index (χ0n) is 12.3. The summed E-state index contributed by atoms with van der Waals surface area (Å²) in [6, 6.07) is 15.6. The van der Waals surface area contributed by atoms with Crippen LogP contribution in [0.3, 0.4) is 0 Å². The van der Waals surface area contributed by atoms with Gasteiger partial charge in [-0.2, -0.15) is 0 Å². The summed E-state index contributed by atoms with van der Waals surface area (Å²) in [6.07, 6.45) is 0. The molecule has 0 spiro atoms. The number of amides is 4. The van der Waals surface area contributed by atoms with E-state index in [1.54, 1.807) is 24.3 Å². The number of hydrogen-bond acceptors (Lipinski definition) is 3. The molecule has 1 heterocycles. The molecule has 0 fully saturated rings. The van der Waals surface area contributed by atoms with Crippen molar-refractivity contribution in [3.63, 3.8) is 0 Å². The van der Waals surface area contributed by atoms with Crippen LogP contribution in [0.15, 0.2) is 54.6 Å². The molecule has 23 heavy (non-hydrogen) atoms. The third-order valence-corrected chi connectivity index (χ3v) is 3.57. The van der Waals surface area contributed by atoms with Crippen molar-refractivity contribution in [3.05, 3.63) is 71.3 Å². The predicted molar refractivity (Wildman–Crippen MR) is 83.6 cm³/mol. The highest BCUT2D eigenvalue weighted by molar-refractivity contribution is 6.21. The lowest BCUT2D eigenvalue weighted by Crippen LogP contribution is -2.44. The van der Waals surface area contributed by atoms with Crippen LogP contribution in [0.4, 0.5) is 4.79 Å². The largest absolute Gasteiger partial charge is 0.334 e. The Morgan fingerprint density at radius 1 is 0.826 bits per heavy atom. The van der Waals surface area contributed by atoms with E-state index in [0.29, 0.717) is 17.7 Å². The fraction of sp³-hybridized carbons (Fsp3) is 0.118. The zero-order chi connectivity index (χ0) is 16.2. The Balaban J connectivity index is 1.54. The molecule has 2 N–H and O–H groups in total. The Kier molecular flexibility index (Phi) is 4.05. The number of carbonyl (C=O) groups excluding carboxylic acids is 3. The van der Waals surface area contributed by atoms with Crippen molar-refractivity contribution in [2.75, 3.05) is 6.67 Å². The average molecular weight is 309 g/mol. The van der Waals surface area contributed by atoms with Crippen LogP contribution in [0, 0.1) is 0 Å². The summed E-state index contributed by atoms with van der Waals surface area (Å²) in [7, 11) is 0. The molecule has 0 saturated carbocycles. The highest BCUT2D eigenvalue weighted by atomic mass is 16.2. The quantitative estimate of drug-likeness (QED) is 0.844. The summed E-state index contributed by atoms with van der Waals surface area (Å²) in [5.41, 5.74) is 1.69. The number of benzene rings is 2. The number of fused-ring (bicyclic) bond motifs is 1. The van der Waals surface area contributed by atoms with E-state index in [9.17, 15) is 14.4 Å². The fourth-order valence-electron chi connectivity index (χ4n) is 2.37. The monoisotopic (exact) mass is 309 g/mol. The third kappa shape index (κ3) is 3.06. The van der Waals surface area contributed by atoms with Crippen LogP contribution in [0.2, 0.25) is 0 Å². The van der Waals surface area contributed by atoms with Gasteiger partial charge >= 0.3 is 6.03 Å². The van der Waals surface area contributed by atoms with Crippen molar-refractivity contribution in [2.24, 2.45) is 0 Å². The van der Waals surface area contributed by atoms with Crippen molar-refractivity contribution < 1.29 is 14.4 Å². The van der Waals surface area contributed by atoms with Gasteiger partial charge in [0.2, 0.25) is 0 Å². The molecule has 116 valence electrons. The first-order valence-corrected chi connectivity index (χ1v) is 7.17. The van der Waals surface area contributed by atoms with Gasteiger partial charge in [0, 0.05) is 6.54 Å². The molecule has 1 aliphatic heterocycles. The molecule has 0 atom stereocenters. The molecular weight excluding hydrogens is 294 g/mol. The van der Waals surface area contributed by atoms with Gasteiger partial charge in [0.15, 0.2) is 0 Å². The van der Waals surface area contributed by atoms with Gasteiger partial charge in [-0.3, -0.25) is 14.5 Å². The van der Waals surface area contributed by atoms with Crippen LogP contribution in [0.1, 0.15) is 26.3 Å². The van der Waals surface area contributed by atoms with Gasteiger partial charge in [-0.15, -0.1) is 0 Å².